The lowest BCUT2D eigenvalue weighted by atomic mass is 10.1. The summed E-state index contributed by atoms with van der Waals surface area (Å²) in [4.78, 5) is 4.31. The molecule has 0 amide bonds. The van der Waals surface area contributed by atoms with E-state index in [2.05, 4.69) is 20.3 Å². The van der Waals surface area contributed by atoms with Crippen LogP contribution in [-0.2, 0) is 13.0 Å². The molecule has 3 aromatic rings. The van der Waals surface area contributed by atoms with Crippen LogP contribution in [0.4, 0.5) is 0 Å². The first-order valence-corrected chi connectivity index (χ1v) is 8.94. The number of hydrogen-bond acceptors (Lipinski definition) is 8. The first-order valence-electron chi connectivity index (χ1n) is 8.06. The van der Waals surface area contributed by atoms with Crippen LogP contribution < -0.4 is 4.74 Å². The highest BCUT2D eigenvalue weighted by Gasteiger charge is 2.19. The summed E-state index contributed by atoms with van der Waals surface area (Å²) >= 11 is 1.38. The molecule has 7 nitrogen and oxygen atoms in total. The summed E-state index contributed by atoms with van der Waals surface area (Å²) in [6.07, 6.45) is 0.737. The molecule has 0 spiro atoms. The van der Waals surface area contributed by atoms with Gasteiger partial charge < -0.3 is 13.7 Å². The molecular formula is C17H20N4O3S. The molecule has 1 atom stereocenters. The van der Waals surface area contributed by atoms with Crippen LogP contribution in [-0.4, -0.2) is 20.3 Å². The Bertz CT molecular complexity index is 846. The van der Waals surface area contributed by atoms with Crippen molar-refractivity contribution in [1.29, 1.82) is 0 Å². The fourth-order valence-corrected chi connectivity index (χ4v) is 2.86. The highest BCUT2D eigenvalue weighted by molar-refractivity contribution is 7.99. The Morgan fingerprint density at radius 2 is 2.08 bits per heavy atom. The van der Waals surface area contributed by atoms with E-state index in [1.54, 1.807) is 0 Å². The maximum atomic E-state index is 5.78. The van der Waals surface area contributed by atoms with Gasteiger partial charge in [-0.15, -0.1) is 10.2 Å². The van der Waals surface area contributed by atoms with Gasteiger partial charge in [0.05, 0.1) is 5.25 Å². The van der Waals surface area contributed by atoms with Crippen molar-refractivity contribution in [1.82, 2.24) is 20.3 Å². The van der Waals surface area contributed by atoms with Crippen molar-refractivity contribution in [2.24, 2.45) is 0 Å². The van der Waals surface area contributed by atoms with Crippen LogP contribution in [0.15, 0.2) is 32.4 Å². The molecule has 0 aliphatic heterocycles. The quantitative estimate of drug-likeness (QED) is 0.583. The van der Waals surface area contributed by atoms with E-state index in [-0.39, 0.29) is 11.9 Å². The second-order valence-corrected chi connectivity index (χ2v) is 6.97. The van der Waals surface area contributed by atoms with Gasteiger partial charge in [0, 0.05) is 6.42 Å². The van der Waals surface area contributed by atoms with E-state index in [4.69, 9.17) is 13.7 Å². The highest BCUT2D eigenvalue weighted by Crippen LogP contribution is 2.33. The van der Waals surface area contributed by atoms with Crippen LogP contribution in [0.25, 0.3) is 0 Å². The zero-order chi connectivity index (χ0) is 17.8. The number of rotatable bonds is 7. The third-order valence-corrected chi connectivity index (χ3v) is 4.49. The first kappa shape index (κ1) is 17.5. The van der Waals surface area contributed by atoms with Gasteiger partial charge in [-0.05, 0) is 38.0 Å². The molecule has 0 aliphatic rings. The Morgan fingerprint density at radius 3 is 2.84 bits per heavy atom. The molecule has 0 aliphatic carbocycles. The van der Waals surface area contributed by atoms with Crippen molar-refractivity contribution in [2.75, 3.05) is 0 Å². The van der Waals surface area contributed by atoms with Crippen molar-refractivity contribution in [3.63, 3.8) is 0 Å². The van der Waals surface area contributed by atoms with E-state index in [0.29, 0.717) is 22.8 Å². The SMILES string of the molecule is CCc1noc(C(C)Sc2nnc(COc3cc(C)ccc3C)o2)n1. The van der Waals surface area contributed by atoms with E-state index in [1.807, 2.05) is 45.9 Å². The van der Waals surface area contributed by atoms with Gasteiger partial charge in [-0.3, -0.25) is 0 Å². The predicted molar refractivity (Wildman–Crippen MR) is 92.5 cm³/mol. The Balaban J connectivity index is 1.59. The van der Waals surface area contributed by atoms with Crippen molar-refractivity contribution >= 4 is 11.8 Å². The molecule has 1 unspecified atom stereocenters. The largest absolute Gasteiger partial charge is 0.484 e. The maximum Gasteiger partial charge on any atom is 0.277 e. The van der Waals surface area contributed by atoms with Crippen LogP contribution in [0.2, 0.25) is 0 Å². The lowest BCUT2D eigenvalue weighted by Crippen LogP contribution is -1.97. The van der Waals surface area contributed by atoms with Gasteiger partial charge in [0.2, 0.25) is 5.89 Å². The van der Waals surface area contributed by atoms with Crippen LogP contribution in [0.3, 0.4) is 0 Å². The van der Waals surface area contributed by atoms with Crippen LogP contribution in [0.1, 0.15) is 47.8 Å². The fraction of sp³-hybridized carbons (Fsp3) is 0.412. The zero-order valence-corrected chi connectivity index (χ0v) is 15.5. The number of thioether (sulfide) groups is 1. The Labute approximate surface area is 150 Å². The minimum Gasteiger partial charge on any atom is -0.484 e. The molecule has 132 valence electrons. The molecule has 25 heavy (non-hydrogen) atoms. The monoisotopic (exact) mass is 360 g/mol. The molecule has 8 heteroatoms. The van der Waals surface area contributed by atoms with Crippen LogP contribution in [0, 0.1) is 13.8 Å². The molecule has 1 aromatic carbocycles. The lowest BCUT2D eigenvalue weighted by molar-refractivity contribution is 0.250. The third-order valence-electron chi connectivity index (χ3n) is 3.57. The molecule has 0 saturated heterocycles. The van der Waals surface area contributed by atoms with Crippen molar-refractivity contribution in [3.8, 4) is 5.75 Å². The molecule has 2 heterocycles. The summed E-state index contributed by atoms with van der Waals surface area (Å²) in [6.45, 7) is 8.19. The number of hydrogen-bond donors (Lipinski definition) is 0. The third kappa shape index (κ3) is 4.39. The fourth-order valence-electron chi connectivity index (χ4n) is 2.12. The lowest BCUT2D eigenvalue weighted by Gasteiger charge is -2.07. The number of ether oxygens (including phenoxy) is 1. The van der Waals surface area contributed by atoms with Gasteiger partial charge >= 0.3 is 0 Å². The van der Waals surface area contributed by atoms with E-state index < -0.39 is 0 Å². The van der Waals surface area contributed by atoms with Crippen molar-refractivity contribution in [3.05, 3.63) is 46.9 Å². The van der Waals surface area contributed by atoms with E-state index in [9.17, 15) is 0 Å². The first-order chi connectivity index (χ1) is 12.0. The number of nitrogens with zero attached hydrogens (tertiary/aromatic N) is 4. The van der Waals surface area contributed by atoms with E-state index in [0.717, 1.165) is 23.3 Å². The van der Waals surface area contributed by atoms with Crippen molar-refractivity contribution in [2.45, 2.75) is 51.2 Å². The molecule has 0 fully saturated rings. The zero-order valence-electron chi connectivity index (χ0n) is 14.6. The highest BCUT2D eigenvalue weighted by atomic mass is 32.2. The maximum absolute atomic E-state index is 5.78. The minimum absolute atomic E-state index is 0.0685. The Hall–Kier alpha value is -2.35. The average molecular weight is 360 g/mol. The van der Waals surface area contributed by atoms with Gasteiger partial charge in [0.15, 0.2) is 12.4 Å². The minimum atomic E-state index is -0.0685. The number of aryl methyl sites for hydroxylation is 3. The average Bonchev–Trinajstić information content (AvgIpc) is 3.25. The van der Waals surface area contributed by atoms with Crippen LogP contribution in [0.5, 0.6) is 5.75 Å². The number of benzene rings is 1. The smallest absolute Gasteiger partial charge is 0.277 e. The molecule has 0 saturated carbocycles. The Morgan fingerprint density at radius 1 is 1.24 bits per heavy atom. The summed E-state index contributed by atoms with van der Waals surface area (Å²) in [5, 5.41) is 12.3. The van der Waals surface area contributed by atoms with Gasteiger partial charge in [-0.25, -0.2) is 0 Å². The second kappa shape index (κ2) is 7.69. The predicted octanol–water partition coefficient (Wildman–Crippen LogP) is 4.06. The molecule has 0 N–H and O–H groups in total. The second-order valence-electron chi connectivity index (χ2n) is 5.68. The van der Waals surface area contributed by atoms with Gasteiger partial charge in [-0.1, -0.05) is 36.0 Å². The topological polar surface area (TPSA) is 87.1 Å². The molecular weight excluding hydrogens is 340 g/mol. The van der Waals surface area contributed by atoms with Crippen molar-refractivity contribution < 1.29 is 13.7 Å². The molecule has 0 bridgehead atoms. The molecule has 0 radical (unpaired) electrons. The molecule has 2 aromatic heterocycles. The van der Waals surface area contributed by atoms with Crippen LogP contribution >= 0.6 is 11.8 Å². The Kier molecular flexibility index (Phi) is 5.37. The summed E-state index contributed by atoms with van der Waals surface area (Å²) < 4.78 is 16.6. The number of aromatic nitrogens is 4. The van der Waals surface area contributed by atoms with E-state index >= 15 is 0 Å². The van der Waals surface area contributed by atoms with Gasteiger partial charge in [-0.2, -0.15) is 4.98 Å². The summed E-state index contributed by atoms with van der Waals surface area (Å²) in [5.41, 5.74) is 2.21. The molecule has 3 rings (SSSR count). The summed E-state index contributed by atoms with van der Waals surface area (Å²) in [7, 11) is 0. The van der Waals surface area contributed by atoms with E-state index in [1.165, 1.54) is 11.8 Å². The van der Waals surface area contributed by atoms with Gasteiger partial charge in [0.1, 0.15) is 5.75 Å². The van der Waals surface area contributed by atoms with Gasteiger partial charge in [0.25, 0.3) is 11.1 Å². The standard InChI is InChI=1S/C17H20N4O3S/c1-5-14-18-16(24-21-14)12(4)25-17-20-19-15(23-17)9-22-13-8-10(2)6-7-11(13)3/h6-8,12H,5,9H2,1-4H3. The normalized spacial score (nSPS) is 12.3. The summed E-state index contributed by atoms with van der Waals surface area (Å²) in [5.74, 6) is 2.48. The summed E-state index contributed by atoms with van der Waals surface area (Å²) in [6, 6.07) is 6.06.